The molecule has 0 bridgehead atoms. The first-order valence-electron chi connectivity index (χ1n) is 6.23. The molecule has 1 rings (SSSR count). The number of rotatable bonds is 4. The molecule has 1 aromatic rings. The molecular weight excluding hydrogens is 262 g/mol. The van der Waals surface area contributed by atoms with Crippen molar-refractivity contribution in [3.63, 3.8) is 0 Å². The summed E-state index contributed by atoms with van der Waals surface area (Å²) in [5.41, 5.74) is -1.92. The van der Waals surface area contributed by atoms with E-state index in [1.165, 1.54) is 13.8 Å². The summed E-state index contributed by atoms with van der Waals surface area (Å²) in [5, 5.41) is 11.3. The van der Waals surface area contributed by atoms with Gasteiger partial charge in [-0.25, -0.2) is 9.78 Å². The molecular formula is C13H19N3O4. The van der Waals surface area contributed by atoms with Crippen LogP contribution in [0.15, 0.2) is 4.79 Å². The van der Waals surface area contributed by atoms with Crippen molar-refractivity contribution in [1.29, 1.82) is 0 Å². The lowest BCUT2D eigenvalue weighted by Crippen LogP contribution is -2.51. The summed E-state index contributed by atoms with van der Waals surface area (Å²) in [6.45, 7) is 7.96. The Morgan fingerprint density at radius 2 is 1.90 bits per heavy atom. The predicted octanol–water partition coefficient (Wildman–Crippen LogP) is 0.795. The molecule has 20 heavy (non-hydrogen) atoms. The van der Waals surface area contributed by atoms with Gasteiger partial charge >= 0.3 is 5.97 Å². The zero-order chi connectivity index (χ0) is 15.7. The summed E-state index contributed by atoms with van der Waals surface area (Å²) in [5.74, 6) is -1.43. The van der Waals surface area contributed by atoms with Crippen molar-refractivity contribution in [2.24, 2.45) is 0 Å². The van der Waals surface area contributed by atoms with Crippen LogP contribution < -0.4 is 10.9 Å². The van der Waals surface area contributed by atoms with Crippen molar-refractivity contribution in [3.05, 3.63) is 27.4 Å². The van der Waals surface area contributed by atoms with Crippen molar-refractivity contribution in [2.45, 2.75) is 46.1 Å². The molecule has 0 aromatic carbocycles. The number of carboxylic acid groups (broad SMARTS) is 1. The molecule has 7 nitrogen and oxygen atoms in total. The van der Waals surface area contributed by atoms with E-state index in [0.717, 1.165) is 0 Å². The summed E-state index contributed by atoms with van der Waals surface area (Å²) in [4.78, 5) is 41.7. The van der Waals surface area contributed by atoms with Crippen molar-refractivity contribution >= 4 is 11.9 Å². The van der Waals surface area contributed by atoms with Gasteiger partial charge in [-0.3, -0.25) is 9.59 Å². The number of H-pyrrole nitrogens is 1. The first-order valence-corrected chi connectivity index (χ1v) is 6.23. The quantitative estimate of drug-likeness (QED) is 0.755. The number of nitrogens with one attached hydrogen (secondary N) is 2. The maximum Gasteiger partial charge on any atom is 0.328 e. The zero-order valence-corrected chi connectivity index (χ0v) is 12.2. The van der Waals surface area contributed by atoms with Gasteiger partial charge in [0.25, 0.3) is 11.5 Å². The largest absolute Gasteiger partial charge is 0.480 e. The van der Waals surface area contributed by atoms with E-state index >= 15 is 0 Å². The number of nitrogens with zero attached hydrogens (tertiary/aromatic N) is 1. The fraction of sp³-hybridized carbons (Fsp3) is 0.538. The van der Waals surface area contributed by atoms with Crippen molar-refractivity contribution in [3.8, 4) is 0 Å². The monoisotopic (exact) mass is 281 g/mol. The van der Waals surface area contributed by atoms with Gasteiger partial charge < -0.3 is 15.4 Å². The predicted molar refractivity (Wildman–Crippen MR) is 72.9 cm³/mol. The maximum atomic E-state index is 12.1. The van der Waals surface area contributed by atoms with Crippen molar-refractivity contribution in [1.82, 2.24) is 15.3 Å². The fourth-order valence-electron chi connectivity index (χ4n) is 1.55. The molecule has 0 aliphatic rings. The average Bonchev–Trinajstić information content (AvgIpc) is 2.26. The molecule has 0 saturated heterocycles. The van der Waals surface area contributed by atoms with Crippen LogP contribution >= 0.6 is 0 Å². The zero-order valence-electron chi connectivity index (χ0n) is 12.2. The maximum absolute atomic E-state index is 12.1. The molecule has 0 fully saturated rings. The second-order valence-electron chi connectivity index (χ2n) is 5.45. The van der Waals surface area contributed by atoms with Crippen molar-refractivity contribution in [2.75, 3.05) is 0 Å². The molecule has 0 radical (unpaired) electrons. The molecule has 0 aliphatic heterocycles. The number of carbonyl (C=O) groups is 2. The second kappa shape index (κ2) is 5.44. The molecule has 0 saturated carbocycles. The van der Waals surface area contributed by atoms with E-state index in [2.05, 4.69) is 15.3 Å². The van der Waals surface area contributed by atoms with Gasteiger partial charge in [0.15, 0.2) is 0 Å². The number of aliphatic carboxylic acids is 1. The van der Waals surface area contributed by atoms with Gasteiger partial charge in [-0.05, 0) is 20.8 Å². The molecule has 0 aliphatic carbocycles. The lowest BCUT2D eigenvalue weighted by molar-refractivity contribution is -0.143. The summed E-state index contributed by atoms with van der Waals surface area (Å²) in [7, 11) is 0. The molecule has 1 heterocycles. The molecule has 110 valence electrons. The highest BCUT2D eigenvalue weighted by atomic mass is 16.4. The first kappa shape index (κ1) is 15.9. The molecule has 3 N–H and O–H groups in total. The number of hydrogen-bond donors (Lipinski definition) is 3. The Labute approximate surface area is 116 Å². The summed E-state index contributed by atoms with van der Waals surface area (Å²) >= 11 is 0. The van der Waals surface area contributed by atoms with Gasteiger partial charge in [0, 0.05) is 5.92 Å². The van der Waals surface area contributed by atoms with Gasteiger partial charge in [0.05, 0.1) is 5.69 Å². The highest BCUT2D eigenvalue weighted by Gasteiger charge is 2.31. The second-order valence-corrected chi connectivity index (χ2v) is 5.45. The highest BCUT2D eigenvalue weighted by molar-refractivity contribution is 5.98. The van der Waals surface area contributed by atoms with Crippen LogP contribution in [0.2, 0.25) is 0 Å². The third kappa shape index (κ3) is 3.23. The van der Waals surface area contributed by atoms with Gasteiger partial charge in [-0.2, -0.15) is 0 Å². The van der Waals surface area contributed by atoms with Crippen LogP contribution in [0.5, 0.6) is 0 Å². The fourth-order valence-corrected chi connectivity index (χ4v) is 1.55. The van der Waals surface area contributed by atoms with Crippen LogP contribution in [0.4, 0.5) is 0 Å². The van der Waals surface area contributed by atoms with Gasteiger partial charge in [-0.15, -0.1) is 0 Å². The van der Waals surface area contributed by atoms with Crippen LogP contribution in [0.25, 0.3) is 0 Å². The number of hydrogen-bond acceptors (Lipinski definition) is 4. The summed E-state index contributed by atoms with van der Waals surface area (Å²) in [6, 6.07) is 0. The third-order valence-electron chi connectivity index (χ3n) is 2.85. The molecule has 7 heteroatoms. The van der Waals surface area contributed by atoms with Gasteiger partial charge in [0.2, 0.25) is 0 Å². The van der Waals surface area contributed by atoms with Crippen LogP contribution in [0.1, 0.15) is 55.5 Å². The Balaban J connectivity index is 3.19. The minimum Gasteiger partial charge on any atom is -0.480 e. The van der Waals surface area contributed by atoms with E-state index in [1.807, 2.05) is 13.8 Å². The minimum atomic E-state index is -1.47. The Hall–Kier alpha value is -2.18. The normalized spacial score (nSPS) is 11.5. The lowest BCUT2D eigenvalue weighted by Gasteiger charge is -2.21. The first-order chi connectivity index (χ1) is 9.06. The van der Waals surface area contributed by atoms with Crippen LogP contribution in [0, 0.1) is 6.92 Å². The van der Waals surface area contributed by atoms with Gasteiger partial charge in [0.1, 0.15) is 16.9 Å². The number of carbonyl (C=O) groups excluding carboxylic acids is 1. The average molecular weight is 281 g/mol. The lowest BCUT2D eigenvalue weighted by atomic mass is 10.1. The molecule has 0 spiro atoms. The standard InChI is InChI=1S/C13H19N3O4/c1-6(2)9-14-7(3)8(10(17)15-9)11(18)16-13(4,5)12(19)20/h6H,1-5H3,(H,16,18)(H,19,20)(H,14,15,17). The van der Waals surface area contributed by atoms with E-state index in [4.69, 9.17) is 5.11 Å². The topological polar surface area (TPSA) is 112 Å². The third-order valence-corrected chi connectivity index (χ3v) is 2.85. The summed E-state index contributed by atoms with van der Waals surface area (Å²) in [6.07, 6.45) is 0. The Kier molecular flexibility index (Phi) is 4.32. The molecule has 0 unspecified atom stereocenters. The van der Waals surface area contributed by atoms with Crippen LogP contribution in [0.3, 0.4) is 0 Å². The van der Waals surface area contributed by atoms with E-state index in [0.29, 0.717) is 5.82 Å². The Morgan fingerprint density at radius 3 is 2.30 bits per heavy atom. The molecule has 0 atom stereocenters. The molecule has 1 amide bonds. The number of carboxylic acids is 1. The number of aromatic amines is 1. The van der Waals surface area contributed by atoms with E-state index in [-0.39, 0.29) is 17.2 Å². The van der Waals surface area contributed by atoms with E-state index in [9.17, 15) is 14.4 Å². The van der Waals surface area contributed by atoms with E-state index in [1.54, 1.807) is 6.92 Å². The van der Waals surface area contributed by atoms with Crippen LogP contribution in [-0.4, -0.2) is 32.5 Å². The van der Waals surface area contributed by atoms with Crippen molar-refractivity contribution < 1.29 is 14.7 Å². The smallest absolute Gasteiger partial charge is 0.328 e. The summed E-state index contributed by atoms with van der Waals surface area (Å²) < 4.78 is 0. The van der Waals surface area contributed by atoms with Crippen LogP contribution in [-0.2, 0) is 4.79 Å². The SMILES string of the molecule is Cc1nc(C(C)C)[nH]c(=O)c1C(=O)NC(C)(C)C(=O)O. The molecule has 1 aromatic heterocycles. The minimum absolute atomic E-state index is 0.0222. The number of aryl methyl sites for hydroxylation is 1. The number of aromatic nitrogens is 2. The Bertz CT molecular complexity index is 602. The van der Waals surface area contributed by atoms with Gasteiger partial charge in [-0.1, -0.05) is 13.8 Å². The number of amides is 1. The highest BCUT2D eigenvalue weighted by Crippen LogP contribution is 2.10. The Morgan fingerprint density at radius 1 is 1.35 bits per heavy atom. The van der Waals surface area contributed by atoms with E-state index < -0.39 is 23.0 Å².